The van der Waals surface area contributed by atoms with Gasteiger partial charge in [0.25, 0.3) is 0 Å². The SMILES string of the molecule is CCNC(=NCC(=O)NC(C)(C)C)NCC1(Cc2ccccc2)CC1. The van der Waals surface area contributed by atoms with Gasteiger partial charge in [-0.1, -0.05) is 30.3 Å². The van der Waals surface area contributed by atoms with Crippen molar-refractivity contribution in [2.24, 2.45) is 10.4 Å². The van der Waals surface area contributed by atoms with Gasteiger partial charge in [-0.2, -0.15) is 0 Å². The van der Waals surface area contributed by atoms with Crippen molar-refractivity contribution in [2.75, 3.05) is 19.6 Å². The summed E-state index contributed by atoms with van der Waals surface area (Å²) in [5.41, 5.74) is 1.48. The van der Waals surface area contributed by atoms with Gasteiger partial charge in [0, 0.05) is 18.6 Å². The van der Waals surface area contributed by atoms with E-state index in [4.69, 9.17) is 0 Å². The van der Waals surface area contributed by atoms with Crippen LogP contribution in [0.2, 0.25) is 0 Å². The Morgan fingerprint density at radius 1 is 1.16 bits per heavy atom. The molecule has 0 aromatic heterocycles. The molecule has 0 aliphatic heterocycles. The summed E-state index contributed by atoms with van der Waals surface area (Å²) in [6, 6.07) is 10.6. The van der Waals surface area contributed by atoms with E-state index in [1.54, 1.807) is 0 Å². The molecular weight excluding hydrogens is 312 g/mol. The summed E-state index contributed by atoms with van der Waals surface area (Å²) in [6.45, 7) is 9.74. The lowest BCUT2D eigenvalue weighted by Gasteiger charge is -2.21. The van der Waals surface area contributed by atoms with Crippen molar-refractivity contribution < 1.29 is 4.79 Å². The van der Waals surface area contributed by atoms with E-state index >= 15 is 0 Å². The Bertz CT molecular complexity index is 585. The van der Waals surface area contributed by atoms with Gasteiger partial charge < -0.3 is 16.0 Å². The van der Waals surface area contributed by atoms with Crippen LogP contribution in [0.25, 0.3) is 0 Å². The van der Waals surface area contributed by atoms with E-state index in [0.717, 1.165) is 19.5 Å². The fourth-order valence-corrected chi connectivity index (χ4v) is 2.84. The second-order valence-corrected chi connectivity index (χ2v) is 8.01. The highest BCUT2D eigenvalue weighted by atomic mass is 16.2. The molecule has 0 unspecified atom stereocenters. The van der Waals surface area contributed by atoms with Crippen LogP contribution in [0.4, 0.5) is 0 Å². The van der Waals surface area contributed by atoms with Crippen LogP contribution in [0.3, 0.4) is 0 Å². The van der Waals surface area contributed by atoms with Crippen LogP contribution < -0.4 is 16.0 Å². The molecule has 0 saturated heterocycles. The average Bonchev–Trinajstić information content (AvgIpc) is 3.29. The van der Waals surface area contributed by atoms with Gasteiger partial charge in [0.05, 0.1) is 0 Å². The molecule has 25 heavy (non-hydrogen) atoms. The first-order valence-corrected chi connectivity index (χ1v) is 9.19. The van der Waals surface area contributed by atoms with Gasteiger partial charge in [0.2, 0.25) is 5.91 Å². The van der Waals surface area contributed by atoms with Crippen molar-refractivity contribution in [3.8, 4) is 0 Å². The summed E-state index contributed by atoms with van der Waals surface area (Å²) < 4.78 is 0. The Labute approximate surface area is 151 Å². The van der Waals surface area contributed by atoms with Crippen molar-refractivity contribution >= 4 is 11.9 Å². The highest BCUT2D eigenvalue weighted by Gasteiger charge is 2.42. The molecule has 1 aliphatic rings. The first kappa shape index (κ1) is 19.3. The zero-order valence-electron chi connectivity index (χ0n) is 16.0. The maximum absolute atomic E-state index is 11.9. The van der Waals surface area contributed by atoms with E-state index in [2.05, 4.69) is 51.3 Å². The van der Waals surface area contributed by atoms with E-state index in [-0.39, 0.29) is 18.0 Å². The fraction of sp³-hybridized carbons (Fsp3) is 0.600. The molecular formula is C20H32N4O. The molecule has 5 nitrogen and oxygen atoms in total. The molecule has 0 radical (unpaired) electrons. The van der Waals surface area contributed by atoms with Gasteiger partial charge >= 0.3 is 0 Å². The molecule has 0 bridgehead atoms. The van der Waals surface area contributed by atoms with Crippen molar-refractivity contribution in [2.45, 2.75) is 52.5 Å². The quantitative estimate of drug-likeness (QED) is 0.526. The largest absolute Gasteiger partial charge is 0.357 e. The molecule has 0 spiro atoms. The minimum Gasteiger partial charge on any atom is -0.357 e. The normalized spacial score (nSPS) is 16.2. The van der Waals surface area contributed by atoms with Crippen LogP contribution in [-0.2, 0) is 11.2 Å². The number of benzene rings is 1. The maximum atomic E-state index is 11.9. The standard InChI is InChI=1S/C20H32N4O/c1-5-21-18(22-14-17(25)24-19(2,3)4)23-15-20(11-12-20)13-16-9-7-6-8-10-16/h6-10H,5,11-15H2,1-4H3,(H,24,25)(H2,21,22,23). The van der Waals surface area contributed by atoms with E-state index < -0.39 is 0 Å². The van der Waals surface area contributed by atoms with E-state index in [0.29, 0.717) is 11.4 Å². The summed E-state index contributed by atoms with van der Waals surface area (Å²) in [4.78, 5) is 16.4. The molecule has 1 amide bonds. The van der Waals surface area contributed by atoms with Gasteiger partial charge in [0.1, 0.15) is 6.54 Å². The van der Waals surface area contributed by atoms with Gasteiger partial charge in [-0.05, 0) is 57.9 Å². The average molecular weight is 345 g/mol. The molecule has 1 aliphatic carbocycles. The van der Waals surface area contributed by atoms with Crippen LogP contribution in [0.1, 0.15) is 46.1 Å². The number of nitrogens with zero attached hydrogens (tertiary/aromatic N) is 1. The van der Waals surface area contributed by atoms with Crippen LogP contribution in [0.5, 0.6) is 0 Å². The topological polar surface area (TPSA) is 65.5 Å². The Balaban J connectivity index is 1.86. The lowest BCUT2D eigenvalue weighted by Crippen LogP contribution is -2.44. The van der Waals surface area contributed by atoms with Crippen molar-refractivity contribution in [1.82, 2.24) is 16.0 Å². The predicted octanol–water partition coefficient (Wildman–Crippen LogP) is 2.48. The summed E-state index contributed by atoms with van der Waals surface area (Å²) in [7, 11) is 0. The highest BCUT2D eigenvalue weighted by Crippen LogP contribution is 2.47. The van der Waals surface area contributed by atoms with Crippen molar-refractivity contribution in [3.05, 3.63) is 35.9 Å². The van der Waals surface area contributed by atoms with Crippen LogP contribution >= 0.6 is 0 Å². The Kier molecular flexibility index (Phi) is 6.45. The number of aliphatic imine (C=N–C) groups is 1. The first-order valence-electron chi connectivity index (χ1n) is 9.19. The molecule has 138 valence electrons. The fourth-order valence-electron chi connectivity index (χ4n) is 2.84. The van der Waals surface area contributed by atoms with Gasteiger partial charge in [-0.25, -0.2) is 4.99 Å². The first-order chi connectivity index (χ1) is 11.8. The van der Waals surface area contributed by atoms with Gasteiger partial charge in [0.15, 0.2) is 5.96 Å². The zero-order valence-corrected chi connectivity index (χ0v) is 16.0. The van der Waals surface area contributed by atoms with Crippen LogP contribution in [-0.4, -0.2) is 37.0 Å². The third-order valence-electron chi connectivity index (χ3n) is 4.25. The third-order valence-corrected chi connectivity index (χ3v) is 4.25. The maximum Gasteiger partial charge on any atom is 0.242 e. The molecule has 3 N–H and O–H groups in total. The lowest BCUT2D eigenvalue weighted by molar-refractivity contribution is -0.121. The van der Waals surface area contributed by atoms with Crippen LogP contribution in [0.15, 0.2) is 35.3 Å². The Morgan fingerprint density at radius 3 is 2.40 bits per heavy atom. The van der Waals surface area contributed by atoms with E-state index in [1.165, 1.54) is 18.4 Å². The number of carbonyl (C=O) groups is 1. The predicted molar refractivity (Wildman–Crippen MR) is 104 cm³/mol. The molecule has 5 heteroatoms. The minimum atomic E-state index is -0.230. The number of amides is 1. The second kappa shape index (κ2) is 8.37. The van der Waals surface area contributed by atoms with Crippen molar-refractivity contribution in [1.29, 1.82) is 0 Å². The number of carbonyl (C=O) groups excluding carboxylic acids is 1. The third kappa shape index (κ3) is 7.16. The molecule has 1 aromatic rings. The molecule has 1 saturated carbocycles. The zero-order chi connectivity index (χ0) is 18.3. The summed E-state index contributed by atoms with van der Waals surface area (Å²) >= 11 is 0. The number of nitrogens with one attached hydrogen (secondary N) is 3. The lowest BCUT2D eigenvalue weighted by atomic mass is 9.96. The number of hydrogen-bond donors (Lipinski definition) is 3. The van der Waals surface area contributed by atoms with Gasteiger partial charge in [-0.15, -0.1) is 0 Å². The molecule has 0 heterocycles. The van der Waals surface area contributed by atoms with Gasteiger partial charge in [-0.3, -0.25) is 4.79 Å². The second-order valence-electron chi connectivity index (χ2n) is 8.01. The molecule has 1 aromatic carbocycles. The van der Waals surface area contributed by atoms with E-state index in [9.17, 15) is 4.79 Å². The smallest absolute Gasteiger partial charge is 0.242 e. The highest BCUT2D eigenvalue weighted by molar-refractivity contribution is 5.85. The number of rotatable bonds is 7. The van der Waals surface area contributed by atoms with Crippen molar-refractivity contribution in [3.63, 3.8) is 0 Å². The molecule has 1 fully saturated rings. The Morgan fingerprint density at radius 2 is 1.84 bits per heavy atom. The van der Waals surface area contributed by atoms with Crippen LogP contribution in [0, 0.1) is 5.41 Å². The number of guanidine groups is 1. The molecule has 0 atom stereocenters. The van der Waals surface area contributed by atoms with E-state index in [1.807, 2.05) is 27.7 Å². The minimum absolute atomic E-state index is 0.0601. The Hall–Kier alpha value is -2.04. The summed E-state index contributed by atoms with van der Waals surface area (Å²) in [6.07, 6.45) is 3.56. The number of hydrogen-bond acceptors (Lipinski definition) is 2. The summed E-state index contributed by atoms with van der Waals surface area (Å²) in [5.74, 6) is 0.654. The monoisotopic (exact) mass is 344 g/mol. The summed E-state index contributed by atoms with van der Waals surface area (Å²) in [5, 5.41) is 9.58. The molecule has 2 rings (SSSR count).